The fraction of sp³-hybridized carbons (Fsp3) is 0.200. The van der Waals surface area contributed by atoms with Crippen molar-refractivity contribution in [3.05, 3.63) is 29.6 Å². The molecule has 1 aliphatic rings. The summed E-state index contributed by atoms with van der Waals surface area (Å²) in [6.45, 7) is 0.430. The first-order valence-corrected chi connectivity index (χ1v) is 2.77. The molecular formula is C5H7NOS. The van der Waals surface area contributed by atoms with Gasteiger partial charge in [0.2, 0.25) is 0 Å². The number of hydrogen-bond donors (Lipinski definition) is 1. The van der Waals surface area contributed by atoms with Crippen LogP contribution in [0.15, 0.2) is 24.4 Å². The second-order valence-corrected chi connectivity index (χ2v) is 2.38. The van der Waals surface area contributed by atoms with Crippen LogP contribution in [-0.2, 0) is 0 Å². The minimum Gasteiger partial charge on any atom is -0.615 e. The summed E-state index contributed by atoms with van der Waals surface area (Å²) in [4.78, 5) is 0. The molecule has 0 fully saturated rings. The van der Waals surface area contributed by atoms with Crippen LogP contribution < -0.4 is 0 Å². The highest BCUT2D eigenvalue weighted by atomic mass is 32.1. The summed E-state index contributed by atoms with van der Waals surface area (Å²) in [5, 5.41) is 10.8. The Kier molecular flexibility index (Phi) is 1.42. The van der Waals surface area contributed by atoms with E-state index in [1.807, 2.05) is 6.08 Å². The number of rotatable bonds is 0. The molecular weight excluding hydrogens is 122 g/mol. The van der Waals surface area contributed by atoms with E-state index in [-0.39, 0.29) is 0 Å². The normalized spacial score (nSPS) is 35.8. The van der Waals surface area contributed by atoms with Crippen LogP contribution in [-0.4, -0.2) is 10.6 Å². The van der Waals surface area contributed by atoms with Crippen LogP contribution in [0, 0.1) is 5.21 Å². The summed E-state index contributed by atoms with van der Waals surface area (Å²) < 4.78 is -0.573. The SMILES string of the molecule is [O-][N+]1(S)C=CC=CC1. The molecule has 0 aromatic rings. The second kappa shape index (κ2) is 1.93. The topological polar surface area (TPSA) is 23.1 Å². The summed E-state index contributed by atoms with van der Waals surface area (Å²) >= 11 is 3.76. The largest absolute Gasteiger partial charge is 0.615 e. The molecule has 0 saturated carbocycles. The van der Waals surface area contributed by atoms with Crippen LogP contribution in [0.1, 0.15) is 0 Å². The second-order valence-electron chi connectivity index (χ2n) is 1.71. The van der Waals surface area contributed by atoms with Gasteiger partial charge in [0.15, 0.2) is 0 Å². The van der Waals surface area contributed by atoms with Crippen LogP contribution in [0.25, 0.3) is 0 Å². The van der Waals surface area contributed by atoms with Crippen molar-refractivity contribution in [2.24, 2.45) is 0 Å². The molecule has 0 aliphatic carbocycles. The van der Waals surface area contributed by atoms with Crippen molar-refractivity contribution >= 4 is 12.8 Å². The molecule has 1 heterocycles. The van der Waals surface area contributed by atoms with Gasteiger partial charge in [0.05, 0.1) is 12.8 Å². The lowest BCUT2D eigenvalue weighted by atomic mass is 10.4. The number of hydroxylamine groups is 2. The zero-order valence-corrected chi connectivity index (χ0v) is 5.21. The smallest absolute Gasteiger partial charge is 0.112 e. The highest BCUT2D eigenvalue weighted by Gasteiger charge is 2.05. The summed E-state index contributed by atoms with van der Waals surface area (Å²) in [5.41, 5.74) is 0. The minimum atomic E-state index is -0.573. The third-order valence-corrected chi connectivity index (χ3v) is 1.23. The van der Waals surface area contributed by atoms with Crippen molar-refractivity contribution in [2.45, 2.75) is 0 Å². The number of quaternary nitrogens is 1. The highest BCUT2D eigenvalue weighted by molar-refractivity contribution is 7.74. The molecule has 0 aromatic carbocycles. The van der Waals surface area contributed by atoms with Crippen LogP contribution in [0.5, 0.6) is 0 Å². The summed E-state index contributed by atoms with van der Waals surface area (Å²) in [6.07, 6.45) is 6.82. The summed E-state index contributed by atoms with van der Waals surface area (Å²) in [6, 6.07) is 0. The lowest BCUT2D eigenvalue weighted by Crippen LogP contribution is -2.25. The van der Waals surface area contributed by atoms with Crippen molar-refractivity contribution in [3.63, 3.8) is 0 Å². The van der Waals surface area contributed by atoms with Crippen LogP contribution >= 0.6 is 12.8 Å². The van der Waals surface area contributed by atoms with E-state index in [9.17, 15) is 5.21 Å². The van der Waals surface area contributed by atoms with E-state index in [1.54, 1.807) is 12.2 Å². The monoisotopic (exact) mass is 129 g/mol. The van der Waals surface area contributed by atoms with E-state index >= 15 is 0 Å². The van der Waals surface area contributed by atoms with Gasteiger partial charge >= 0.3 is 0 Å². The van der Waals surface area contributed by atoms with Gasteiger partial charge in [0, 0.05) is 0 Å². The van der Waals surface area contributed by atoms with Crippen LogP contribution in [0.3, 0.4) is 0 Å². The van der Waals surface area contributed by atoms with Gasteiger partial charge in [0.1, 0.15) is 12.7 Å². The predicted octanol–water partition coefficient (Wildman–Crippen LogP) is 1.23. The molecule has 1 unspecified atom stereocenters. The Bertz CT molecular complexity index is 139. The van der Waals surface area contributed by atoms with Gasteiger partial charge in [-0.15, -0.1) is 0 Å². The predicted molar refractivity (Wildman–Crippen MR) is 35.8 cm³/mol. The van der Waals surface area contributed by atoms with Crippen molar-refractivity contribution in [1.29, 1.82) is 0 Å². The molecule has 0 spiro atoms. The van der Waals surface area contributed by atoms with E-state index < -0.39 is 4.05 Å². The summed E-state index contributed by atoms with van der Waals surface area (Å²) in [5.74, 6) is 0. The molecule has 1 atom stereocenters. The quantitative estimate of drug-likeness (QED) is 0.297. The third kappa shape index (κ3) is 1.36. The van der Waals surface area contributed by atoms with Crippen molar-refractivity contribution in [3.8, 4) is 0 Å². The fourth-order valence-corrected chi connectivity index (χ4v) is 0.707. The average Bonchev–Trinajstić information content (AvgIpc) is 1.65. The van der Waals surface area contributed by atoms with Crippen molar-refractivity contribution < 1.29 is 4.05 Å². The number of thiol groups is 1. The van der Waals surface area contributed by atoms with E-state index in [2.05, 4.69) is 12.8 Å². The third-order valence-electron chi connectivity index (χ3n) is 0.933. The Morgan fingerprint density at radius 2 is 2.25 bits per heavy atom. The van der Waals surface area contributed by atoms with Crippen LogP contribution in [0.2, 0.25) is 0 Å². The van der Waals surface area contributed by atoms with Crippen molar-refractivity contribution in [2.75, 3.05) is 6.54 Å². The molecule has 44 valence electrons. The van der Waals surface area contributed by atoms with Gasteiger partial charge in [-0.3, -0.25) is 4.05 Å². The van der Waals surface area contributed by atoms with Crippen LogP contribution in [0.4, 0.5) is 0 Å². The molecule has 0 saturated heterocycles. The fourth-order valence-electron chi connectivity index (χ4n) is 0.535. The maximum absolute atomic E-state index is 10.8. The van der Waals surface area contributed by atoms with Gasteiger partial charge in [-0.05, 0) is 12.2 Å². The van der Waals surface area contributed by atoms with Crippen molar-refractivity contribution in [1.82, 2.24) is 0 Å². The molecule has 0 radical (unpaired) electrons. The molecule has 0 N–H and O–H groups in total. The molecule has 1 rings (SSSR count). The standard InChI is InChI=1S/C5H7NOS/c7-6(8)4-2-1-3-5-6/h1-4,8H,5H2. The average molecular weight is 129 g/mol. The zero-order chi connectivity index (χ0) is 6.04. The molecule has 0 amide bonds. The lowest BCUT2D eigenvalue weighted by Gasteiger charge is -2.30. The molecule has 0 aromatic heterocycles. The van der Waals surface area contributed by atoms with Gasteiger partial charge in [-0.2, -0.15) is 0 Å². The molecule has 2 nitrogen and oxygen atoms in total. The Morgan fingerprint density at radius 3 is 2.50 bits per heavy atom. The first-order chi connectivity index (χ1) is 3.71. The van der Waals surface area contributed by atoms with Gasteiger partial charge in [-0.1, -0.05) is 6.08 Å². The molecule has 3 heteroatoms. The first kappa shape index (κ1) is 5.88. The summed E-state index contributed by atoms with van der Waals surface area (Å²) in [7, 11) is 0. The van der Waals surface area contributed by atoms with E-state index in [0.29, 0.717) is 6.54 Å². The van der Waals surface area contributed by atoms with Gasteiger partial charge in [0.25, 0.3) is 0 Å². The maximum atomic E-state index is 10.8. The maximum Gasteiger partial charge on any atom is 0.112 e. The molecule has 0 bridgehead atoms. The van der Waals surface area contributed by atoms with Gasteiger partial charge < -0.3 is 5.21 Å². The molecule has 8 heavy (non-hydrogen) atoms. The van der Waals surface area contributed by atoms with E-state index in [4.69, 9.17) is 0 Å². The highest BCUT2D eigenvalue weighted by Crippen LogP contribution is 2.12. The molecule has 1 aliphatic heterocycles. The first-order valence-electron chi connectivity index (χ1n) is 2.37. The Morgan fingerprint density at radius 1 is 1.50 bits per heavy atom. The Balaban J connectivity index is 2.65. The number of nitrogens with zero attached hydrogens (tertiary/aromatic N) is 1. The van der Waals surface area contributed by atoms with E-state index in [0.717, 1.165) is 0 Å². The van der Waals surface area contributed by atoms with E-state index in [1.165, 1.54) is 6.20 Å². The lowest BCUT2D eigenvalue weighted by molar-refractivity contribution is -0.670. The Labute approximate surface area is 53.8 Å². The zero-order valence-electron chi connectivity index (χ0n) is 4.32. The number of allylic oxidation sites excluding steroid dienone is 2. The minimum absolute atomic E-state index is 0.430. The number of hydrogen-bond acceptors (Lipinski definition) is 2. The van der Waals surface area contributed by atoms with Gasteiger partial charge in [-0.25, -0.2) is 0 Å². The Hall–Kier alpha value is -0.250.